The van der Waals surface area contributed by atoms with E-state index in [1.165, 1.54) is 0 Å². The molecule has 0 aliphatic heterocycles. The van der Waals surface area contributed by atoms with E-state index in [1.807, 2.05) is 24.3 Å². The summed E-state index contributed by atoms with van der Waals surface area (Å²) in [6.07, 6.45) is 0. The van der Waals surface area contributed by atoms with Crippen molar-refractivity contribution in [2.45, 2.75) is 81.1 Å². The fraction of sp³-hybridized carbons (Fsp3) is 0.625. The first kappa shape index (κ1) is 29.9. The molecule has 2 N–H and O–H groups in total. The van der Waals surface area contributed by atoms with Gasteiger partial charge in [0.15, 0.2) is 23.0 Å². The summed E-state index contributed by atoms with van der Waals surface area (Å²) in [6, 6.07) is 7.99. The summed E-state index contributed by atoms with van der Waals surface area (Å²) < 4.78 is 11.3. The highest BCUT2D eigenvalue weighted by Gasteiger charge is 2.30. The third kappa shape index (κ3) is 6.12. The zero-order valence-electron chi connectivity index (χ0n) is 24.6. The maximum atomic E-state index is 11.3. The molecule has 0 bridgehead atoms. The molecule has 4 unspecified atom stereocenters. The molecule has 4 heteroatoms. The van der Waals surface area contributed by atoms with Crippen LogP contribution >= 0.6 is 0 Å². The van der Waals surface area contributed by atoms with Crippen LogP contribution < -0.4 is 9.47 Å². The Hall–Kier alpha value is -2.36. The Balaban J connectivity index is 2.88. The number of phenolic OH excluding ortho intramolecular Hbond substituents is 2. The molecule has 0 saturated carbocycles. The van der Waals surface area contributed by atoms with Crippen LogP contribution in [0.15, 0.2) is 24.3 Å². The molecular weight excluding hydrogens is 448 g/mol. The minimum atomic E-state index is 0.0356. The van der Waals surface area contributed by atoms with Gasteiger partial charge in [-0.25, -0.2) is 0 Å². The molecule has 0 amide bonds. The molecule has 2 aromatic rings. The van der Waals surface area contributed by atoms with Crippen molar-refractivity contribution >= 4 is 0 Å². The highest BCUT2D eigenvalue weighted by molar-refractivity contribution is 5.81. The van der Waals surface area contributed by atoms with Gasteiger partial charge in [0.2, 0.25) is 0 Å². The maximum absolute atomic E-state index is 11.3. The summed E-state index contributed by atoms with van der Waals surface area (Å²) >= 11 is 0. The summed E-state index contributed by atoms with van der Waals surface area (Å²) in [6.45, 7) is 22.5. The normalized spacial score (nSPS) is 15.4. The smallest absolute Gasteiger partial charge is 0.165 e. The van der Waals surface area contributed by atoms with Gasteiger partial charge in [-0.2, -0.15) is 0 Å². The van der Waals surface area contributed by atoms with Crippen molar-refractivity contribution in [1.29, 1.82) is 0 Å². The van der Waals surface area contributed by atoms with Crippen LogP contribution in [0.4, 0.5) is 0 Å². The van der Waals surface area contributed by atoms with Crippen LogP contribution in [0.25, 0.3) is 11.1 Å². The number of aromatic hydroxyl groups is 2. The lowest BCUT2D eigenvalue weighted by atomic mass is 9.73. The average molecular weight is 499 g/mol. The lowest BCUT2D eigenvalue weighted by Crippen LogP contribution is -2.21. The molecule has 36 heavy (non-hydrogen) atoms. The lowest BCUT2D eigenvalue weighted by molar-refractivity contribution is 0.287. The molecule has 0 fully saturated rings. The van der Waals surface area contributed by atoms with Crippen LogP contribution in [-0.2, 0) is 0 Å². The van der Waals surface area contributed by atoms with Gasteiger partial charge < -0.3 is 19.7 Å². The van der Waals surface area contributed by atoms with E-state index in [4.69, 9.17) is 9.47 Å². The fourth-order valence-corrected chi connectivity index (χ4v) is 5.79. The molecule has 0 heterocycles. The summed E-state index contributed by atoms with van der Waals surface area (Å²) in [7, 11) is 3.16. The Labute approximate surface area is 220 Å². The molecule has 0 spiro atoms. The predicted molar refractivity (Wildman–Crippen MR) is 151 cm³/mol. The minimum absolute atomic E-state index is 0.0356. The predicted octanol–water partition coefficient (Wildman–Crippen LogP) is 8.85. The summed E-state index contributed by atoms with van der Waals surface area (Å²) in [4.78, 5) is 0. The zero-order chi connectivity index (χ0) is 27.5. The number of methoxy groups -OCH3 is 2. The van der Waals surface area contributed by atoms with Gasteiger partial charge in [-0.1, -0.05) is 69.2 Å². The van der Waals surface area contributed by atoms with Crippen molar-refractivity contribution in [2.75, 3.05) is 14.2 Å². The highest BCUT2D eigenvalue weighted by Crippen LogP contribution is 2.50. The van der Waals surface area contributed by atoms with Crippen molar-refractivity contribution in [1.82, 2.24) is 0 Å². The molecule has 2 rings (SSSR count). The second kappa shape index (κ2) is 12.3. The third-order valence-electron chi connectivity index (χ3n) is 8.37. The van der Waals surface area contributed by atoms with Crippen LogP contribution in [-0.4, -0.2) is 24.4 Å². The quantitative estimate of drug-likeness (QED) is 0.325. The largest absolute Gasteiger partial charge is 0.504 e. The number of phenols is 2. The Morgan fingerprint density at radius 2 is 0.806 bits per heavy atom. The third-order valence-corrected chi connectivity index (χ3v) is 8.37. The van der Waals surface area contributed by atoms with Gasteiger partial charge in [0, 0.05) is 11.1 Å². The molecule has 202 valence electrons. The van der Waals surface area contributed by atoms with Crippen LogP contribution in [0.3, 0.4) is 0 Å². The molecule has 2 aromatic carbocycles. The SMILES string of the molecule is COc1cc(C(C(C)C)C(C)C(C)C)cc(-c2cc(C(C(C)C)C(C)C(C)C)cc(OC)c2O)c1O. The van der Waals surface area contributed by atoms with Crippen molar-refractivity contribution in [3.05, 3.63) is 35.4 Å². The van der Waals surface area contributed by atoms with Crippen LogP contribution in [0.1, 0.15) is 92.2 Å². The minimum Gasteiger partial charge on any atom is -0.504 e. The number of hydrogen-bond acceptors (Lipinski definition) is 4. The molecule has 0 aliphatic rings. The summed E-state index contributed by atoms with van der Waals surface area (Å²) in [5.74, 6) is 4.12. The first-order valence-corrected chi connectivity index (χ1v) is 13.6. The Morgan fingerprint density at radius 3 is 1.03 bits per heavy atom. The molecule has 0 aliphatic carbocycles. The van der Waals surface area contributed by atoms with E-state index in [9.17, 15) is 10.2 Å². The topological polar surface area (TPSA) is 58.9 Å². The lowest BCUT2D eigenvalue weighted by Gasteiger charge is -2.32. The molecule has 0 radical (unpaired) electrons. The van der Waals surface area contributed by atoms with E-state index in [-0.39, 0.29) is 23.3 Å². The van der Waals surface area contributed by atoms with Crippen LogP contribution in [0.5, 0.6) is 23.0 Å². The van der Waals surface area contributed by atoms with Crippen molar-refractivity contribution in [2.24, 2.45) is 35.5 Å². The summed E-state index contributed by atoms with van der Waals surface area (Å²) in [5.41, 5.74) is 3.36. The molecule has 0 aromatic heterocycles. The Bertz CT molecular complexity index is 924. The van der Waals surface area contributed by atoms with Gasteiger partial charge in [0.1, 0.15) is 0 Å². The number of hydrogen-bond donors (Lipinski definition) is 2. The zero-order valence-corrected chi connectivity index (χ0v) is 24.6. The van der Waals surface area contributed by atoms with Gasteiger partial charge >= 0.3 is 0 Å². The van der Waals surface area contributed by atoms with E-state index >= 15 is 0 Å². The van der Waals surface area contributed by atoms with E-state index in [1.54, 1.807) is 14.2 Å². The molecule has 4 nitrogen and oxygen atoms in total. The van der Waals surface area contributed by atoms with Gasteiger partial charge in [-0.15, -0.1) is 0 Å². The van der Waals surface area contributed by atoms with Crippen molar-refractivity contribution in [3.8, 4) is 34.1 Å². The first-order chi connectivity index (χ1) is 16.8. The van der Waals surface area contributed by atoms with Crippen molar-refractivity contribution in [3.63, 3.8) is 0 Å². The summed E-state index contributed by atoms with van der Waals surface area (Å²) in [5, 5.41) is 22.6. The van der Waals surface area contributed by atoms with E-state index in [2.05, 4.69) is 69.2 Å². The average Bonchev–Trinajstić information content (AvgIpc) is 2.80. The van der Waals surface area contributed by atoms with Crippen molar-refractivity contribution < 1.29 is 19.7 Å². The number of ether oxygens (including phenoxy) is 2. The fourth-order valence-electron chi connectivity index (χ4n) is 5.79. The van der Waals surface area contributed by atoms with E-state index in [0.29, 0.717) is 58.1 Å². The molecule has 0 saturated heterocycles. The standard InChI is InChI=1S/C32H50O4/c1-17(2)21(9)29(19(5)6)23-13-25(31(33)27(15-23)35-11)26-14-24(16-28(36-12)32(26)34)30(20(7)8)22(10)18(3)4/h13-22,29-30,33-34H,1-12H3. The second-order valence-corrected chi connectivity index (χ2v) is 12.0. The molecular formula is C32H50O4. The van der Waals surface area contributed by atoms with Gasteiger partial charge in [-0.05, 0) is 82.7 Å². The highest BCUT2D eigenvalue weighted by atomic mass is 16.5. The van der Waals surface area contributed by atoms with E-state index < -0.39 is 0 Å². The van der Waals surface area contributed by atoms with Gasteiger partial charge in [0.25, 0.3) is 0 Å². The first-order valence-electron chi connectivity index (χ1n) is 13.6. The van der Waals surface area contributed by atoms with Crippen LogP contribution in [0.2, 0.25) is 0 Å². The Morgan fingerprint density at radius 1 is 0.500 bits per heavy atom. The number of benzene rings is 2. The van der Waals surface area contributed by atoms with Gasteiger partial charge in [-0.3, -0.25) is 0 Å². The second-order valence-electron chi connectivity index (χ2n) is 12.0. The number of rotatable bonds is 11. The molecule has 4 atom stereocenters. The van der Waals surface area contributed by atoms with E-state index in [0.717, 1.165) is 11.1 Å². The van der Waals surface area contributed by atoms with Gasteiger partial charge in [0.05, 0.1) is 14.2 Å². The van der Waals surface area contributed by atoms with Crippen LogP contribution in [0, 0.1) is 35.5 Å². The Kier molecular flexibility index (Phi) is 10.2. The maximum Gasteiger partial charge on any atom is 0.165 e. The monoisotopic (exact) mass is 498 g/mol.